The van der Waals surface area contributed by atoms with Gasteiger partial charge in [-0.15, -0.1) is 11.8 Å². The Labute approximate surface area is 137 Å². The second kappa shape index (κ2) is 7.31. The van der Waals surface area contributed by atoms with Crippen LogP contribution in [0.15, 0.2) is 33.6 Å². The van der Waals surface area contributed by atoms with E-state index >= 15 is 0 Å². The fraction of sp³-hybridized carbons (Fsp3) is 0.467. The number of carboxylic acids is 1. The first-order valence-corrected chi connectivity index (χ1v) is 8.67. The molecule has 0 bridgehead atoms. The molecule has 2 unspecified atom stereocenters. The number of carbonyl (C=O) groups is 2. The summed E-state index contributed by atoms with van der Waals surface area (Å²) in [5, 5.41) is 9.08. The topological polar surface area (TPSA) is 57.6 Å². The number of carboxylic acid groups (broad SMARTS) is 1. The van der Waals surface area contributed by atoms with Gasteiger partial charge in [-0.05, 0) is 37.6 Å². The van der Waals surface area contributed by atoms with E-state index in [1.807, 2.05) is 31.2 Å². The zero-order chi connectivity index (χ0) is 15.4. The van der Waals surface area contributed by atoms with Gasteiger partial charge in [0.1, 0.15) is 0 Å². The van der Waals surface area contributed by atoms with Gasteiger partial charge in [0.15, 0.2) is 0 Å². The molecule has 1 heterocycles. The maximum atomic E-state index is 12.2. The molecule has 114 valence electrons. The molecule has 21 heavy (non-hydrogen) atoms. The van der Waals surface area contributed by atoms with Gasteiger partial charge in [-0.2, -0.15) is 0 Å². The zero-order valence-corrected chi connectivity index (χ0v) is 14.2. The van der Waals surface area contributed by atoms with Crippen molar-refractivity contribution in [2.24, 2.45) is 5.92 Å². The molecule has 1 saturated heterocycles. The van der Waals surface area contributed by atoms with E-state index in [1.54, 1.807) is 16.7 Å². The number of halogens is 1. The van der Waals surface area contributed by atoms with E-state index in [2.05, 4.69) is 15.9 Å². The summed E-state index contributed by atoms with van der Waals surface area (Å²) in [4.78, 5) is 26.1. The lowest BCUT2D eigenvalue weighted by Gasteiger charge is -2.23. The Morgan fingerprint density at radius 1 is 1.38 bits per heavy atom. The average Bonchev–Trinajstić information content (AvgIpc) is 2.83. The maximum absolute atomic E-state index is 12.2. The van der Waals surface area contributed by atoms with Crippen LogP contribution in [0.4, 0.5) is 0 Å². The number of aliphatic carboxylic acids is 1. The predicted octanol–water partition coefficient (Wildman–Crippen LogP) is 3.25. The zero-order valence-electron chi connectivity index (χ0n) is 11.8. The lowest BCUT2D eigenvalue weighted by atomic mass is 10.0. The molecule has 0 radical (unpaired) electrons. The molecule has 1 N–H and O–H groups in total. The second-order valence-electron chi connectivity index (χ2n) is 5.11. The molecule has 1 aromatic rings. The third-order valence-corrected chi connectivity index (χ3v) is 5.33. The van der Waals surface area contributed by atoms with Crippen molar-refractivity contribution in [2.75, 3.05) is 12.3 Å². The van der Waals surface area contributed by atoms with Gasteiger partial charge in [-0.25, -0.2) is 0 Å². The number of likely N-dealkylation sites (tertiary alicyclic amines) is 1. The number of hydrogen-bond acceptors (Lipinski definition) is 3. The number of carbonyl (C=O) groups excluding carboxylic acids is 1. The molecule has 1 fully saturated rings. The quantitative estimate of drug-likeness (QED) is 0.807. The fourth-order valence-corrected chi connectivity index (χ4v) is 3.66. The smallest absolute Gasteiger partial charge is 0.308 e. The van der Waals surface area contributed by atoms with Crippen LogP contribution in [0.1, 0.15) is 19.8 Å². The first-order chi connectivity index (χ1) is 9.99. The summed E-state index contributed by atoms with van der Waals surface area (Å²) in [5.74, 6) is -0.465. The molecule has 6 heteroatoms. The summed E-state index contributed by atoms with van der Waals surface area (Å²) in [7, 11) is 0. The van der Waals surface area contributed by atoms with Crippen molar-refractivity contribution in [1.29, 1.82) is 0 Å². The SMILES string of the molecule is CC1C(C(=O)O)CCN1C(=O)CCSc1ccc(Br)cc1. The highest BCUT2D eigenvalue weighted by Crippen LogP contribution is 2.26. The van der Waals surface area contributed by atoms with E-state index in [1.165, 1.54) is 0 Å². The predicted molar refractivity (Wildman–Crippen MR) is 86.4 cm³/mol. The number of hydrogen-bond donors (Lipinski definition) is 1. The number of nitrogens with zero attached hydrogens (tertiary/aromatic N) is 1. The average molecular weight is 372 g/mol. The largest absolute Gasteiger partial charge is 0.481 e. The lowest BCUT2D eigenvalue weighted by Crippen LogP contribution is -2.37. The molecule has 0 aromatic heterocycles. The number of thioether (sulfide) groups is 1. The summed E-state index contributed by atoms with van der Waals surface area (Å²) in [6.07, 6.45) is 1.000. The van der Waals surface area contributed by atoms with Crippen LogP contribution in [-0.4, -0.2) is 40.2 Å². The molecule has 1 amide bonds. The van der Waals surface area contributed by atoms with Crippen LogP contribution in [0.5, 0.6) is 0 Å². The highest BCUT2D eigenvalue weighted by molar-refractivity contribution is 9.10. The Hall–Kier alpha value is -1.01. The van der Waals surface area contributed by atoms with Gasteiger partial charge < -0.3 is 10.0 Å². The summed E-state index contributed by atoms with van der Waals surface area (Å²) >= 11 is 5.03. The Kier molecular flexibility index (Phi) is 5.70. The van der Waals surface area contributed by atoms with E-state index < -0.39 is 11.9 Å². The van der Waals surface area contributed by atoms with Crippen LogP contribution in [-0.2, 0) is 9.59 Å². The maximum Gasteiger partial charge on any atom is 0.308 e. The van der Waals surface area contributed by atoms with E-state index in [4.69, 9.17) is 5.11 Å². The van der Waals surface area contributed by atoms with Crippen molar-refractivity contribution in [3.05, 3.63) is 28.7 Å². The molecule has 4 nitrogen and oxygen atoms in total. The van der Waals surface area contributed by atoms with Crippen LogP contribution < -0.4 is 0 Å². The van der Waals surface area contributed by atoms with Crippen molar-refractivity contribution < 1.29 is 14.7 Å². The molecule has 1 aliphatic rings. The molecular formula is C15H18BrNO3S. The second-order valence-corrected chi connectivity index (χ2v) is 7.20. The van der Waals surface area contributed by atoms with Crippen molar-refractivity contribution in [3.8, 4) is 0 Å². The molecule has 2 rings (SSSR count). The normalized spacial score (nSPS) is 21.5. The standard InChI is InChI=1S/C15H18BrNO3S/c1-10-13(15(19)20)6-8-17(10)14(18)7-9-21-12-4-2-11(16)3-5-12/h2-5,10,13H,6-9H2,1H3,(H,19,20). The summed E-state index contributed by atoms with van der Waals surface area (Å²) in [6, 6.07) is 7.78. The van der Waals surface area contributed by atoms with E-state index in [0.29, 0.717) is 25.1 Å². The van der Waals surface area contributed by atoms with Crippen LogP contribution in [0.25, 0.3) is 0 Å². The first kappa shape index (κ1) is 16.4. The molecule has 0 saturated carbocycles. The highest BCUT2D eigenvalue weighted by Gasteiger charge is 2.37. The van der Waals surface area contributed by atoms with E-state index in [9.17, 15) is 9.59 Å². The number of rotatable bonds is 5. The summed E-state index contributed by atoms with van der Waals surface area (Å²) in [5.41, 5.74) is 0. The molecule has 0 spiro atoms. The van der Waals surface area contributed by atoms with Gasteiger partial charge in [-0.3, -0.25) is 9.59 Å². The van der Waals surface area contributed by atoms with Crippen molar-refractivity contribution in [1.82, 2.24) is 4.90 Å². The van der Waals surface area contributed by atoms with Gasteiger partial charge >= 0.3 is 5.97 Å². The van der Waals surface area contributed by atoms with Gasteiger partial charge in [0.05, 0.1) is 5.92 Å². The monoisotopic (exact) mass is 371 g/mol. The Bertz CT molecular complexity index is 520. The van der Waals surface area contributed by atoms with Crippen LogP contribution in [0.3, 0.4) is 0 Å². The summed E-state index contributed by atoms with van der Waals surface area (Å²) in [6.45, 7) is 2.38. The van der Waals surface area contributed by atoms with Crippen molar-refractivity contribution >= 4 is 39.6 Å². The van der Waals surface area contributed by atoms with Crippen LogP contribution >= 0.6 is 27.7 Å². The lowest BCUT2D eigenvalue weighted by molar-refractivity contribution is -0.143. The van der Waals surface area contributed by atoms with Gasteiger partial charge in [0.2, 0.25) is 5.91 Å². The van der Waals surface area contributed by atoms with Crippen LogP contribution in [0, 0.1) is 5.92 Å². The van der Waals surface area contributed by atoms with Crippen LogP contribution in [0.2, 0.25) is 0 Å². The first-order valence-electron chi connectivity index (χ1n) is 6.89. The van der Waals surface area contributed by atoms with Crippen molar-refractivity contribution in [2.45, 2.75) is 30.7 Å². The van der Waals surface area contributed by atoms with Gasteiger partial charge in [0, 0.05) is 34.1 Å². The van der Waals surface area contributed by atoms with E-state index in [0.717, 1.165) is 9.37 Å². The minimum atomic E-state index is -0.804. The Morgan fingerprint density at radius 2 is 2.05 bits per heavy atom. The highest BCUT2D eigenvalue weighted by atomic mass is 79.9. The van der Waals surface area contributed by atoms with E-state index in [-0.39, 0.29) is 11.9 Å². The summed E-state index contributed by atoms with van der Waals surface area (Å²) < 4.78 is 1.04. The number of benzene rings is 1. The third-order valence-electron chi connectivity index (χ3n) is 3.79. The Balaban J connectivity index is 1.80. The fourth-order valence-electron chi connectivity index (χ4n) is 2.55. The minimum Gasteiger partial charge on any atom is -0.481 e. The minimum absolute atomic E-state index is 0.0517. The molecule has 1 aromatic carbocycles. The van der Waals surface area contributed by atoms with Gasteiger partial charge in [-0.1, -0.05) is 15.9 Å². The third kappa shape index (κ3) is 4.23. The van der Waals surface area contributed by atoms with Gasteiger partial charge in [0.25, 0.3) is 0 Å². The number of amides is 1. The molecule has 2 atom stereocenters. The molecule has 0 aliphatic carbocycles. The Morgan fingerprint density at radius 3 is 2.62 bits per heavy atom. The van der Waals surface area contributed by atoms with Crippen molar-refractivity contribution in [3.63, 3.8) is 0 Å². The molecular weight excluding hydrogens is 354 g/mol. The molecule has 1 aliphatic heterocycles.